The minimum Gasteiger partial charge on any atom is -0.392 e. The number of aliphatic hydroxyl groups is 1. The van der Waals surface area contributed by atoms with Crippen molar-refractivity contribution < 1.29 is 5.11 Å². The molecule has 0 aromatic carbocycles. The Labute approximate surface area is 96.9 Å². The van der Waals surface area contributed by atoms with Gasteiger partial charge in [0.05, 0.1) is 6.10 Å². The Morgan fingerprint density at radius 3 is 3.06 bits per heavy atom. The summed E-state index contributed by atoms with van der Waals surface area (Å²) in [6.45, 7) is 2.96. The summed E-state index contributed by atoms with van der Waals surface area (Å²) < 4.78 is 0. The summed E-state index contributed by atoms with van der Waals surface area (Å²) in [5.74, 6) is 0.890. The molecule has 2 atom stereocenters. The Morgan fingerprint density at radius 2 is 2.38 bits per heavy atom. The monoisotopic (exact) mass is 220 g/mol. The van der Waals surface area contributed by atoms with E-state index in [4.69, 9.17) is 0 Å². The van der Waals surface area contributed by atoms with E-state index >= 15 is 0 Å². The molecule has 1 aliphatic rings. The second-order valence-electron chi connectivity index (χ2n) is 4.98. The molecule has 0 saturated heterocycles. The van der Waals surface area contributed by atoms with Crippen LogP contribution >= 0.6 is 0 Å². The fraction of sp³-hybridized carbons (Fsp3) is 0.615. The van der Waals surface area contributed by atoms with E-state index < -0.39 is 0 Å². The van der Waals surface area contributed by atoms with Crippen LogP contribution in [0.25, 0.3) is 0 Å². The van der Waals surface area contributed by atoms with Gasteiger partial charge in [0.2, 0.25) is 0 Å². The van der Waals surface area contributed by atoms with Gasteiger partial charge in [-0.15, -0.1) is 0 Å². The molecule has 0 bridgehead atoms. The highest BCUT2D eigenvalue weighted by Gasteiger charge is 2.35. The third-order valence-corrected chi connectivity index (χ3v) is 3.62. The molecule has 16 heavy (non-hydrogen) atoms. The van der Waals surface area contributed by atoms with Crippen molar-refractivity contribution in [2.45, 2.75) is 38.7 Å². The largest absolute Gasteiger partial charge is 0.392 e. The molecule has 3 nitrogen and oxygen atoms in total. The number of nitrogens with zero attached hydrogens (tertiary/aromatic N) is 1. The number of hydrogen-bond donors (Lipinski definition) is 2. The Morgan fingerprint density at radius 1 is 1.50 bits per heavy atom. The molecule has 1 saturated carbocycles. The zero-order valence-corrected chi connectivity index (χ0v) is 9.82. The van der Waals surface area contributed by atoms with Crippen LogP contribution in [0.3, 0.4) is 0 Å². The SMILES string of the molecule is CC1(CNc2ccccn2)CCCCC1O. The van der Waals surface area contributed by atoms with E-state index in [1.54, 1.807) is 6.20 Å². The van der Waals surface area contributed by atoms with Gasteiger partial charge >= 0.3 is 0 Å². The Kier molecular flexibility index (Phi) is 3.44. The summed E-state index contributed by atoms with van der Waals surface area (Å²) in [7, 11) is 0. The Balaban J connectivity index is 1.93. The average molecular weight is 220 g/mol. The first-order valence-corrected chi connectivity index (χ1v) is 6.04. The van der Waals surface area contributed by atoms with Crippen molar-refractivity contribution in [3.63, 3.8) is 0 Å². The number of rotatable bonds is 3. The zero-order valence-electron chi connectivity index (χ0n) is 9.82. The van der Waals surface area contributed by atoms with Crippen LogP contribution in [0.4, 0.5) is 5.82 Å². The second kappa shape index (κ2) is 4.83. The van der Waals surface area contributed by atoms with E-state index in [0.29, 0.717) is 0 Å². The van der Waals surface area contributed by atoms with Gasteiger partial charge in [0, 0.05) is 18.2 Å². The predicted octanol–water partition coefficient (Wildman–Crippen LogP) is 2.43. The van der Waals surface area contributed by atoms with Gasteiger partial charge < -0.3 is 10.4 Å². The van der Waals surface area contributed by atoms with E-state index in [9.17, 15) is 5.11 Å². The first-order valence-electron chi connectivity index (χ1n) is 6.04. The lowest BCUT2D eigenvalue weighted by atomic mass is 9.73. The summed E-state index contributed by atoms with van der Waals surface area (Å²) in [5, 5.41) is 13.4. The van der Waals surface area contributed by atoms with Crippen molar-refractivity contribution in [1.82, 2.24) is 4.98 Å². The maximum absolute atomic E-state index is 10.0. The van der Waals surface area contributed by atoms with E-state index in [2.05, 4.69) is 17.2 Å². The van der Waals surface area contributed by atoms with E-state index in [0.717, 1.165) is 31.6 Å². The number of aliphatic hydroxyl groups excluding tert-OH is 1. The van der Waals surface area contributed by atoms with Crippen molar-refractivity contribution in [2.75, 3.05) is 11.9 Å². The van der Waals surface area contributed by atoms with Gasteiger partial charge in [-0.05, 0) is 25.0 Å². The summed E-state index contributed by atoms with van der Waals surface area (Å²) in [6.07, 6.45) is 5.99. The van der Waals surface area contributed by atoms with Gasteiger partial charge in [-0.3, -0.25) is 0 Å². The first-order chi connectivity index (χ1) is 7.71. The molecule has 0 aliphatic heterocycles. The topological polar surface area (TPSA) is 45.2 Å². The molecule has 0 spiro atoms. The molecular formula is C13H20N2O. The third-order valence-electron chi connectivity index (χ3n) is 3.62. The minimum atomic E-state index is -0.183. The van der Waals surface area contributed by atoms with Crippen LogP contribution in [-0.4, -0.2) is 22.7 Å². The molecule has 88 valence electrons. The molecule has 1 heterocycles. The lowest BCUT2D eigenvalue weighted by molar-refractivity contribution is 0.00958. The highest BCUT2D eigenvalue weighted by Crippen LogP contribution is 2.36. The van der Waals surface area contributed by atoms with Crippen LogP contribution in [0.2, 0.25) is 0 Å². The van der Waals surface area contributed by atoms with Gasteiger partial charge in [-0.2, -0.15) is 0 Å². The number of anilines is 1. The maximum atomic E-state index is 10.0. The zero-order chi connectivity index (χ0) is 11.4. The quantitative estimate of drug-likeness (QED) is 0.822. The number of pyridine rings is 1. The predicted molar refractivity (Wildman–Crippen MR) is 65.3 cm³/mol. The molecular weight excluding hydrogens is 200 g/mol. The van der Waals surface area contributed by atoms with E-state index in [-0.39, 0.29) is 11.5 Å². The third kappa shape index (κ3) is 2.53. The normalized spacial score (nSPS) is 30.0. The van der Waals surface area contributed by atoms with Gasteiger partial charge in [0.25, 0.3) is 0 Å². The number of hydrogen-bond acceptors (Lipinski definition) is 3. The fourth-order valence-corrected chi connectivity index (χ4v) is 2.35. The minimum absolute atomic E-state index is 0.00420. The lowest BCUT2D eigenvalue weighted by Crippen LogP contribution is -2.41. The summed E-state index contributed by atoms with van der Waals surface area (Å²) in [6, 6.07) is 5.83. The fourth-order valence-electron chi connectivity index (χ4n) is 2.35. The lowest BCUT2D eigenvalue weighted by Gasteiger charge is -2.38. The maximum Gasteiger partial charge on any atom is 0.125 e. The Hall–Kier alpha value is -1.09. The second-order valence-corrected chi connectivity index (χ2v) is 4.98. The molecule has 2 rings (SSSR count). The molecule has 1 aliphatic carbocycles. The van der Waals surface area contributed by atoms with Gasteiger partial charge in [-0.1, -0.05) is 25.8 Å². The van der Waals surface area contributed by atoms with E-state index in [1.165, 1.54) is 6.42 Å². The van der Waals surface area contributed by atoms with Crippen molar-refractivity contribution in [1.29, 1.82) is 0 Å². The highest BCUT2D eigenvalue weighted by atomic mass is 16.3. The number of aromatic nitrogens is 1. The summed E-state index contributed by atoms with van der Waals surface area (Å²) in [5.41, 5.74) is -0.00420. The Bertz CT molecular complexity index is 328. The summed E-state index contributed by atoms with van der Waals surface area (Å²) >= 11 is 0. The van der Waals surface area contributed by atoms with Crippen LogP contribution in [0, 0.1) is 5.41 Å². The molecule has 1 fully saturated rings. The molecule has 0 radical (unpaired) electrons. The smallest absolute Gasteiger partial charge is 0.125 e. The van der Waals surface area contributed by atoms with Crippen molar-refractivity contribution >= 4 is 5.82 Å². The molecule has 2 unspecified atom stereocenters. The first kappa shape index (κ1) is 11.4. The van der Waals surface area contributed by atoms with Crippen molar-refractivity contribution in [3.8, 4) is 0 Å². The van der Waals surface area contributed by atoms with Crippen LogP contribution in [-0.2, 0) is 0 Å². The molecule has 1 aromatic rings. The van der Waals surface area contributed by atoms with Crippen LogP contribution in [0.5, 0.6) is 0 Å². The van der Waals surface area contributed by atoms with Crippen LogP contribution in [0.15, 0.2) is 24.4 Å². The average Bonchev–Trinajstić information content (AvgIpc) is 2.32. The van der Waals surface area contributed by atoms with E-state index in [1.807, 2.05) is 18.2 Å². The molecule has 0 amide bonds. The van der Waals surface area contributed by atoms with Crippen molar-refractivity contribution in [3.05, 3.63) is 24.4 Å². The van der Waals surface area contributed by atoms with Crippen molar-refractivity contribution in [2.24, 2.45) is 5.41 Å². The van der Waals surface area contributed by atoms with Gasteiger partial charge in [-0.25, -0.2) is 4.98 Å². The van der Waals surface area contributed by atoms with Crippen LogP contribution in [0.1, 0.15) is 32.6 Å². The molecule has 3 heteroatoms. The standard InChI is InChI=1S/C13H20N2O/c1-13(8-4-2-6-11(13)16)10-15-12-7-3-5-9-14-12/h3,5,7,9,11,16H,2,4,6,8,10H2,1H3,(H,14,15). The summed E-state index contributed by atoms with van der Waals surface area (Å²) in [4.78, 5) is 4.23. The molecule has 1 aromatic heterocycles. The molecule has 2 N–H and O–H groups in total. The van der Waals surface area contributed by atoms with Crippen LogP contribution < -0.4 is 5.32 Å². The van der Waals surface area contributed by atoms with Gasteiger partial charge in [0.1, 0.15) is 5.82 Å². The van der Waals surface area contributed by atoms with Gasteiger partial charge in [0.15, 0.2) is 0 Å². The number of nitrogens with one attached hydrogen (secondary N) is 1. The highest BCUT2D eigenvalue weighted by molar-refractivity contribution is 5.33.